The number of rotatable bonds is 4. The molecule has 90 valence electrons. The Morgan fingerprint density at radius 2 is 1.21 bits per heavy atom. The Labute approximate surface area is 87.2 Å². The quantitative estimate of drug-likeness (QED) is 0.541. The van der Waals surface area contributed by atoms with Crippen LogP contribution < -0.4 is 0 Å². The zero-order valence-corrected chi connectivity index (χ0v) is 9.77. The minimum atomic E-state index is -0.954. The SMILES string of the molecule is CCC(C)CC.CO.OCC(O)CO. The van der Waals surface area contributed by atoms with Gasteiger partial charge in [0.15, 0.2) is 0 Å². The van der Waals surface area contributed by atoms with Crippen LogP contribution in [0.3, 0.4) is 0 Å². The summed E-state index contributed by atoms with van der Waals surface area (Å²) < 4.78 is 0. The third-order valence-corrected chi connectivity index (χ3v) is 1.82. The molecule has 0 aliphatic carbocycles. The third-order valence-electron chi connectivity index (χ3n) is 1.82. The first-order valence-corrected chi connectivity index (χ1v) is 4.96. The van der Waals surface area contributed by atoms with E-state index in [1.54, 1.807) is 0 Å². The van der Waals surface area contributed by atoms with Gasteiger partial charge in [0.1, 0.15) is 6.10 Å². The van der Waals surface area contributed by atoms with Gasteiger partial charge in [0, 0.05) is 7.11 Å². The minimum Gasteiger partial charge on any atom is -0.400 e. The Morgan fingerprint density at radius 3 is 1.21 bits per heavy atom. The molecule has 0 amide bonds. The summed E-state index contributed by atoms with van der Waals surface area (Å²) in [5.41, 5.74) is 0. The molecule has 4 N–H and O–H groups in total. The minimum absolute atomic E-state index is 0.365. The van der Waals surface area contributed by atoms with Gasteiger partial charge in [0.05, 0.1) is 13.2 Å². The van der Waals surface area contributed by atoms with E-state index in [4.69, 9.17) is 20.4 Å². The maximum absolute atomic E-state index is 8.17. The lowest BCUT2D eigenvalue weighted by Gasteiger charge is -1.98. The Morgan fingerprint density at radius 1 is 0.929 bits per heavy atom. The fourth-order valence-corrected chi connectivity index (χ4v) is 0.346. The van der Waals surface area contributed by atoms with Crippen LogP contribution in [-0.4, -0.2) is 46.9 Å². The van der Waals surface area contributed by atoms with Crippen molar-refractivity contribution >= 4 is 0 Å². The molecular weight excluding hydrogens is 184 g/mol. The lowest BCUT2D eigenvalue weighted by atomic mass is 10.1. The molecule has 0 bridgehead atoms. The Balaban J connectivity index is -0.000000147. The smallest absolute Gasteiger partial charge is 0.100 e. The summed E-state index contributed by atoms with van der Waals surface area (Å²) in [6, 6.07) is 0. The van der Waals surface area contributed by atoms with Crippen LogP contribution in [0, 0.1) is 5.92 Å². The zero-order chi connectivity index (χ0) is 12.0. The first-order chi connectivity index (χ1) is 6.62. The van der Waals surface area contributed by atoms with Crippen LogP contribution in [0.4, 0.5) is 0 Å². The summed E-state index contributed by atoms with van der Waals surface area (Å²) in [7, 11) is 1.00. The van der Waals surface area contributed by atoms with Gasteiger partial charge in [0.25, 0.3) is 0 Å². The normalized spacial score (nSPS) is 9.00. The van der Waals surface area contributed by atoms with Gasteiger partial charge in [-0.05, 0) is 5.92 Å². The van der Waals surface area contributed by atoms with Crippen molar-refractivity contribution in [1.29, 1.82) is 0 Å². The maximum Gasteiger partial charge on any atom is 0.100 e. The van der Waals surface area contributed by atoms with Crippen LogP contribution in [0.2, 0.25) is 0 Å². The Hall–Kier alpha value is -0.160. The second-order valence-corrected chi connectivity index (χ2v) is 2.94. The van der Waals surface area contributed by atoms with E-state index in [1.807, 2.05) is 0 Å². The van der Waals surface area contributed by atoms with Gasteiger partial charge in [-0.2, -0.15) is 0 Å². The number of aliphatic hydroxyl groups excluding tert-OH is 4. The Kier molecular flexibility index (Phi) is 25.8. The van der Waals surface area contributed by atoms with Crippen molar-refractivity contribution in [2.45, 2.75) is 39.7 Å². The molecule has 0 aliphatic heterocycles. The summed E-state index contributed by atoms with van der Waals surface area (Å²) in [6.07, 6.45) is 1.71. The largest absolute Gasteiger partial charge is 0.400 e. The molecule has 0 rings (SSSR count). The third kappa shape index (κ3) is 22.6. The van der Waals surface area contributed by atoms with Crippen molar-refractivity contribution in [2.75, 3.05) is 20.3 Å². The molecule has 0 unspecified atom stereocenters. The molecule has 0 radical (unpaired) electrons. The molecule has 0 aromatic heterocycles. The van der Waals surface area contributed by atoms with Crippen LogP contribution in [0.15, 0.2) is 0 Å². The molecule has 0 heterocycles. The van der Waals surface area contributed by atoms with Crippen molar-refractivity contribution in [3.05, 3.63) is 0 Å². The molecule has 0 spiro atoms. The van der Waals surface area contributed by atoms with Crippen molar-refractivity contribution in [2.24, 2.45) is 5.92 Å². The molecule has 0 saturated heterocycles. The van der Waals surface area contributed by atoms with Crippen LogP contribution in [-0.2, 0) is 0 Å². The van der Waals surface area contributed by atoms with E-state index in [0.29, 0.717) is 0 Å². The molecule has 0 aromatic rings. The second-order valence-electron chi connectivity index (χ2n) is 2.94. The van der Waals surface area contributed by atoms with Crippen molar-refractivity contribution in [3.63, 3.8) is 0 Å². The number of hydrogen-bond acceptors (Lipinski definition) is 4. The summed E-state index contributed by atoms with van der Waals surface area (Å²) in [5.74, 6) is 0.935. The van der Waals surface area contributed by atoms with E-state index < -0.39 is 6.10 Å². The Bertz CT molecular complexity index is 60.5. The molecule has 0 aliphatic rings. The average Bonchev–Trinajstić information content (AvgIpc) is 2.30. The van der Waals surface area contributed by atoms with E-state index in [1.165, 1.54) is 12.8 Å². The summed E-state index contributed by atoms with van der Waals surface area (Å²) >= 11 is 0. The maximum atomic E-state index is 8.17. The van der Waals surface area contributed by atoms with E-state index in [-0.39, 0.29) is 13.2 Å². The van der Waals surface area contributed by atoms with Crippen LogP contribution in [0.25, 0.3) is 0 Å². The van der Waals surface area contributed by atoms with Crippen LogP contribution in [0.5, 0.6) is 0 Å². The fourth-order valence-electron chi connectivity index (χ4n) is 0.346. The van der Waals surface area contributed by atoms with E-state index in [2.05, 4.69) is 20.8 Å². The van der Waals surface area contributed by atoms with E-state index >= 15 is 0 Å². The second kappa shape index (κ2) is 18.6. The fraction of sp³-hybridized carbons (Fsp3) is 1.00. The van der Waals surface area contributed by atoms with Gasteiger partial charge in [-0.15, -0.1) is 0 Å². The molecule has 0 saturated carbocycles. The lowest BCUT2D eigenvalue weighted by molar-refractivity contribution is 0.0450. The molecule has 4 heteroatoms. The van der Waals surface area contributed by atoms with Crippen LogP contribution >= 0.6 is 0 Å². The van der Waals surface area contributed by atoms with Crippen LogP contribution in [0.1, 0.15) is 33.6 Å². The van der Waals surface area contributed by atoms with Gasteiger partial charge >= 0.3 is 0 Å². The standard InChI is InChI=1S/C6H14.C3H8O3.CH4O/c1-4-6(3)5-2;4-1-3(6)2-5;1-2/h6H,4-5H2,1-3H3;3-6H,1-2H2;2H,1H3. The van der Waals surface area contributed by atoms with Gasteiger partial charge < -0.3 is 20.4 Å². The van der Waals surface area contributed by atoms with E-state index in [9.17, 15) is 0 Å². The molecule has 0 atom stereocenters. The highest BCUT2D eigenvalue weighted by atomic mass is 16.3. The lowest BCUT2D eigenvalue weighted by Crippen LogP contribution is -2.15. The topological polar surface area (TPSA) is 80.9 Å². The van der Waals surface area contributed by atoms with Gasteiger partial charge in [-0.25, -0.2) is 0 Å². The summed E-state index contributed by atoms with van der Waals surface area (Å²) in [4.78, 5) is 0. The van der Waals surface area contributed by atoms with Crippen molar-refractivity contribution < 1.29 is 20.4 Å². The van der Waals surface area contributed by atoms with Crippen molar-refractivity contribution in [1.82, 2.24) is 0 Å². The van der Waals surface area contributed by atoms with E-state index in [0.717, 1.165) is 13.0 Å². The highest BCUT2D eigenvalue weighted by molar-refractivity contribution is 4.44. The highest BCUT2D eigenvalue weighted by Crippen LogP contribution is 2.02. The first-order valence-electron chi connectivity index (χ1n) is 4.96. The number of hydrogen-bond donors (Lipinski definition) is 4. The zero-order valence-electron chi connectivity index (χ0n) is 9.77. The first kappa shape index (κ1) is 19.4. The van der Waals surface area contributed by atoms with Gasteiger partial charge in [0.2, 0.25) is 0 Å². The van der Waals surface area contributed by atoms with Crippen molar-refractivity contribution in [3.8, 4) is 0 Å². The molecule has 4 nitrogen and oxygen atoms in total. The monoisotopic (exact) mass is 210 g/mol. The average molecular weight is 210 g/mol. The molecule has 14 heavy (non-hydrogen) atoms. The predicted molar refractivity (Wildman–Crippen MR) is 58.1 cm³/mol. The predicted octanol–water partition coefficient (Wildman–Crippen LogP) is 0.383. The number of aliphatic hydroxyl groups is 4. The van der Waals surface area contributed by atoms with Gasteiger partial charge in [-0.1, -0.05) is 33.6 Å². The van der Waals surface area contributed by atoms with Gasteiger partial charge in [-0.3, -0.25) is 0 Å². The summed E-state index contributed by atoms with van der Waals surface area (Å²) in [6.45, 7) is 6.01. The molecule has 0 aromatic carbocycles. The molecular formula is C10H26O4. The summed E-state index contributed by atoms with van der Waals surface area (Å²) in [5, 5.41) is 31.0. The molecule has 0 fully saturated rings. The highest BCUT2D eigenvalue weighted by Gasteiger charge is 1.93.